The molecule has 0 heterocycles. The number of nitrogens with zero attached hydrogens (tertiary/aromatic N) is 1. The van der Waals surface area contributed by atoms with E-state index in [1.807, 2.05) is 0 Å². The quantitative estimate of drug-likeness (QED) is 0.860. The molecule has 0 spiro atoms. The van der Waals surface area contributed by atoms with Crippen molar-refractivity contribution in [2.75, 3.05) is 18.5 Å². The molecular weight excluding hydrogens is 256 g/mol. The van der Waals surface area contributed by atoms with Gasteiger partial charge in [-0.25, -0.2) is 0 Å². The number of rotatable bonds is 6. The van der Waals surface area contributed by atoms with Crippen LogP contribution >= 0.6 is 0 Å². The highest BCUT2D eigenvalue weighted by Gasteiger charge is 2.05. The van der Waals surface area contributed by atoms with Gasteiger partial charge in [-0.2, -0.15) is 0 Å². The first-order valence-corrected chi connectivity index (χ1v) is 7.67. The fourth-order valence-electron chi connectivity index (χ4n) is 2.62. The topological polar surface area (TPSA) is 15.3 Å². The van der Waals surface area contributed by atoms with Gasteiger partial charge in [0.05, 0.1) is 0 Å². The number of benzene rings is 2. The van der Waals surface area contributed by atoms with Gasteiger partial charge in [0, 0.05) is 25.8 Å². The van der Waals surface area contributed by atoms with Gasteiger partial charge in [-0.05, 0) is 43.1 Å². The van der Waals surface area contributed by atoms with E-state index in [-0.39, 0.29) is 0 Å². The highest BCUT2D eigenvalue weighted by atomic mass is 15.1. The largest absolute Gasteiger partial charge is 0.370 e. The smallest absolute Gasteiger partial charge is 0.0426 e. The summed E-state index contributed by atoms with van der Waals surface area (Å²) in [4.78, 5) is 2.31. The second-order valence-corrected chi connectivity index (χ2v) is 5.74. The Hall–Kier alpha value is -1.80. The van der Waals surface area contributed by atoms with Crippen LogP contribution in [-0.2, 0) is 13.1 Å². The third kappa shape index (κ3) is 4.33. The van der Waals surface area contributed by atoms with Crippen molar-refractivity contribution in [2.24, 2.45) is 0 Å². The molecule has 0 saturated carbocycles. The molecule has 0 aromatic heterocycles. The second-order valence-electron chi connectivity index (χ2n) is 5.74. The van der Waals surface area contributed by atoms with Gasteiger partial charge in [0.2, 0.25) is 0 Å². The van der Waals surface area contributed by atoms with E-state index in [1.54, 1.807) is 0 Å². The van der Waals surface area contributed by atoms with Gasteiger partial charge >= 0.3 is 0 Å². The first-order chi connectivity index (χ1) is 10.1. The molecule has 2 aromatic carbocycles. The number of nitrogens with one attached hydrogen (secondary N) is 1. The summed E-state index contributed by atoms with van der Waals surface area (Å²) in [6, 6.07) is 15.5. The monoisotopic (exact) mass is 282 g/mol. The van der Waals surface area contributed by atoms with Crippen molar-refractivity contribution in [3.63, 3.8) is 0 Å². The molecule has 0 aliphatic heterocycles. The van der Waals surface area contributed by atoms with Crippen LogP contribution in [0.1, 0.15) is 29.2 Å². The second kappa shape index (κ2) is 7.28. The minimum Gasteiger partial charge on any atom is -0.370 e. The van der Waals surface area contributed by atoms with Crippen LogP contribution in [0.15, 0.2) is 42.5 Å². The van der Waals surface area contributed by atoms with Crippen LogP contribution in [0.25, 0.3) is 0 Å². The maximum Gasteiger partial charge on any atom is 0.0426 e. The van der Waals surface area contributed by atoms with E-state index in [0.717, 1.165) is 19.6 Å². The lowest BCUT2D eigenvalue weighted by atomic mass is 10.1. The van der Waals surface area contributed by atoms with Gasteiger partial charge in [0.25, 0.3) is 0 Å². The number of aryl methyl sites for hydroxylation is 2. The summed E-state index contributed by atoms with van der Waals surface area (Å²) in [5.74, 6) is 0. The Morgan fingerprint density at radius 3 is 2.24 bits per heavy atom. The predicted octanol–water partition coefficient (Wildman–Crippen LogP) is 4.05. The normalized spacial score (nSPS) is 10.7. The summed E-state index contributed by atoms with van der Waals surface area (Å²) < 4.78 is 0. The van der Waals surface area contributed by atoms with Crippen LogP contribution in [0.5, 0.6) is 0 Å². The summed E-state index contributed by atoms with van der Waals surface area (Å²) in [5.41, 5.74) is 6.64. The highest BCUT2D eigenvalue weighted by molar-refractivity contribution is 5.54. The Balaban J connectivity index is 2.03. The molecule has 0 fully saturated rings. The first-order valence-electron chi connectivity index (χ1n) is 7.67. The van der Waals surface area contributed by atoms with Crippen molar-refractivity contribution >= 4 is 5.69 Å². The maximum absolute atomic E-state index is 3.35. The zero-order chi connectivity index (χ0) is 15.2. The molecule has 0 aliphatic rings. The third-order valence-electron chi connectivity index (χ3n) is 3.79. The van der Waals surface area contributed by atoms with Crippen molar-refractivity contribution in [3.8, 4) is 0 Å². The third-order valence-corrected chi connectivity index (χ3v) is 3.79. The Kier molecular flexibility index (Phi) is 5.40. The van der Waals surface area contributed by atoms with E-state index in [4.69, 9.17) is 0 Å². The number of hydrogen-bond donors (Lipinski definition) is 1. The average Bonchev–Trinajstić information content (AvgIpc) is 2.46. The molecule has 0 aliphatic carbocycles. The molecule has 1 N–H and O–H groups in total. The van der Waals surface area contributed by atoms with Gasteiger partial charge in [-0.15, -0.1) is 0 Å². The molecule has 0 unspecified atom stereocenters. The molecule has 0 amide bonds. The molecular formula is C19H26N2. The molecule has 2 aromatic rings. The molecule has 0 radical (unpaired) electrons. The highest BCUT2D eigenvalue weighted by Crippen LogP contribution is 2.21. The lowest BCUT2D eigenvalue weighted by molar-refractivity contribution is 0.726. The zero-order valence-electron chi connectivity index (χ0n) is 13.6. The number of anilines is 1. The minimum atomic E-state index is 0.936. The van der Waals surface area contributed by atoms with Crippen LogP contribution in [0.3, 0.4) is 0 Å². The van der Waals surface area contributed by atoms with Crippen molar-refractivity contribution in [2.45, 2.75) is 33.9 Å². The van der Waals surface area contributed by atoms with E-state index < -0.39 is 0 Å². The van der Waals surface area contributed by atoms with Crippen molar-refractivity contribution in [1.82, 2.24) is 5.32 Å². The van der Waals surface area contributed by atoms with Crippen LogP contribution in [0.2, 0.25) is 0 Å². The van der Waals surface area contributed by atoms with Gasteiger partial charge in [0.15, 0.2) is 0 Å². The minimum absolute atomic E-state index is 0.936. The number of hydrogen-bond acceptors (Lipinski definition) is 2. The molecule has 2 heteroatoms. The lowest BCUT2D eigenvalue weighted by Crippen LogP contribution is -2.17. The summed E-state index contributed by atoms with van der Waals surface area (Å²) in [6.07, 6.45) is 0. The Morgan fingerprint density at radius 2 is 1.62 bits per heavy atom. The first kappa shape index (κ1) is 15.6. The van der Waals surface area contributed by atoms with Gasteiger partial charge in [0.1, 0.15) is 0 Å². The maximum atomic E-state index is 3.35. The molecule has 112 valence electrons. The average molecular weight is 282 g/mol. The molecule has 0 bridgehead atoms. The van der Waals surface area contributed by atoms with Crippen molar-refractivity contribution in [1.29, 1.82) is 0 Å². The fraction of sp³-hybridized carbons (Fsp3) is 0.368. The van der Waals surface area contributed by atoms with E-state index in [1.165, 1.54) is 27.9 Å². The Morgan fingerprint density at radius 1 is 0.952 bits per heavy atom. The summed E-state index contributed by atoms with van der Waals surface area (Å²) >= 11 is 0. The van der Waals surface area contributed by atoms with E-state index >= 15 is 0 Å². The van der Waals surface area contributed by atoms with Gasteiger partial charge < -0.3 is 10.2 Å². The summed E-state index contributed by atoms with van der Waals surface area (Å²) in [7, 11) is 2.16. The van der Waals surface area contributed by atoms with Crippen LogP contribution < -0.4 is 10.2 Å². The van der Waals surface area contributed by atoms with Gasteiger partial charge in [-0.1, -0.05) is 48.9 Å². The Bertz CT molecular complexity index is 573. The standard InChI is InChI=1S/C19H26N2/c1-5-20-13-17-7-9-18(10-8-17)14-21(4)19-11-6-15(2)12-16(19)3/h6-12,20H,5,13-14H2,1-4H3. The van der Waals surface area contributed by atoms with Crippen LogP contribution in [0.4, 0.5) is 5.69 Å². The molecule has 21 heavy (non-hydrogen) atoms. The Labute approximate surface area is 128 Å². The predicted molar refractivity (Wildman–Crippen MR) is 91.8 cm³/mol. The molecule has 2 nitrogen and oxygen atoms in total. The summed E-state index contributed by atoms with van der Waals surface area (Å²) in [5, 5.41) is 3.35. The van der Waals surface area contributed by atoms with Crippen LogP contribution in [-0.4, -0.2) is 13.6 Å². The summed E-state index contributed by atoms with van der Waals surface area (Å²) in [6.45, 7) is 9.34. The van der Waals surface area contributed by atoms with E-state index in [9.17, 15) is 0 Å². The van der Waals surface area contributed by atoms with Crippen LogP contribution in [0, 0.1) is 13.8 Å². The lowest BCUT2D eigenvalue weighted by Gasteiger charge is -2.22. The van der Waals surface area contributed by atoms with Gasteiger partial charge in [-0.3, -0.25) is 0 Å². The van der Waals surface area contributed by atoms with E-state index in [2.05, 4.69) is 80.5 Å². The molecule has 0 saturated heterocycles. The SMILES string of the molecule is CCNCc1ccc(CN(C)c2ccc(C)cc2C)cc1. The molecule has 2 rings (SSSR count). The molecule has 0 atom stereocenters. The van der Waals surface area contributed by atoms with Crippen molar-refractivity contribution < 1.29 is 0 Å². The fourth-order valence-corrected chi connectivity index (χ4v) is 2.62. The van der Waals surface area contributed by atoms with Crippen molar-refractivity contribution in [3.05, 3.63) is 64.7 Å². The zero-order valence-corrected chi connectivity index (χ0v) is 13.6. The van der Waals surface area contributed by atoms with E-state index in [0.29, 0.717) is 0 Å².